The number of nitrogens with two attached hydrogens (primary N) is 1. The van der Waals surface area contributed by atoms with Crippen molar-refractivity contribution in [3.05, 3.63) is 76.3 Å². The van der Waals surface area contributed by atoms with Crippen LogP contribution in [0.2, 0.25) is 5.02 Å². The van der Waals surface area contributed by atoms with Crippen molar-refractivity contribution < 1.29 is 28.2 Å². The van der Waals surface area contributed by atoms with E-state index in [9.17, 15) is 19.1 Å². The lowest BCUT2D eigenvalue weighted by atomic mass is 9.80. The predicted molar refractivity (Wildman–Crippen MR) is 154 cm³/mol. The minimum atomic E-state index is -2.28. The maximum absolute atomic E-state index is 16.1. The van der Waals surface area contributed by atoms with Crippen LogP contribution in [0.3, 0.4) is 0 Å². The van der Waals surface area contributed by atoms with Crippen LogP contribution in [-0.2, 0) is 15.8 Å². The van der Waals surface area contributed by atoms with E-state index in [2.05, 4.69) is 15.4 Å². The van der Waals surface area contributed by atoms with Crippen molar-refractivity contribution in [3.8, 4) is 17.0 Å². The zero-order chi connectivity index (χ0) is 30.3. The van der Waals surface area contributed by atoms with E-state index in [4.69, 9.17) is 22.1 Å². The topological polar surface area (TPSA) is 132 Å². The van der Waals surface area contributed by atoms with Crippen LogP contribution in [0.25, 0.3) is 22.2 Å². The number of halogens is 3. The molecule has 2 aromatic carbocycles. The fourth-order valence-corrected chi connectivity index (χ4v) is 5.95. The number of hydrogen-bond acceptors (Lipinski definition) is 6. The lowest BCUT2D eigenvalue weighted by Crippen LogP contribution is -2.49. The van der Waals surface area contributed by atoms with Crippen molar-refractivity contribution in [1.29, 1.82) is 0 Å². The summed E-state index contributed by atoms with van der Waals surface area (Å²) in [5.41, 5.74) is 1.71. The van der Waals surface area contributed by atoms with Gasteiger partial charge in [-0.3, -0.25) is 14.3 Å². The van der Waals surface area contributed by atoms with Crippen LogP contribution in [0.1, 0.15) is 60.3 Å². The SMILES string of the molecule is C[C@]1(C(N)=O)COc2c1cc(C(O)(CNC(=O)c1cc(Cl)c3nn(C4CC4)cc3c1)C1(F)CC1)nc2-c1ccc(F)cc1. The molecular formula is C31H28ClF2N5O4. The highest BCUT2D eigenvalue weighted by Crippen LogP contribution is 2.55. The van der Waals surface area contributed by atoms with Crippen LogP contribution in [0.5, 0.6) is 5.75 Å². The van der Waals surface area contributed by atoms with Gasteiger partial charge in [0.2, 0.25) is 5.91 Å². The summed E-state index contributed by atoms with van der Waals surface area (Å²) in [7, 11) is 0. The Kier molecular flexibility index (Phi) is 6.10. The quantitative estimate of drug-likeness (QED) is 0.271. The molecule has 222 valence electrons. The van der Waals surface area contributed by atoms with E-state index in [1.165, 1.54) is 36.4 Å². The van der Waals surface area contributed by atoms with Gasteiger partial charge in [-0.15, -0.1) is 0 Å². The standard InChI is InChI=1S/C31H28ClF2N5O4/c1-29(28(35)41)15-43-26-21(29)12-23(37-25(26)16-2-4-19(33)5-3-16)31(42,30(34)8-9-30)14-36-27(40)17-10-18-13-39(20-6-7-20)38-24(18)22(32)11-17/h2-5,10-13,20,42H,6-9,14-15H2,1H3,(H2,35,41)(H,36,40)/t29-,31?/m0/s1. The van der Waals surface area contributed by atoms with Gasteiger partial charge in [0.05, 0.1) is 23.3 Å². The van der Waals surface area contributed by atoms with Gasteiger partial charge >= 0.3 is 0 Å². The molecule has 1 aliphatic heterocycles. The molecule has 2 fully saturated rings. The number of carbonyl (C=O) groups is 2. The molecule has 4 N–H and O–H groups in total. The number of nitrogens with one attached hydrogen (secondary N) is 1. The lowest BCUT2D eigenvalue weighted by molar-refractivity contribution is -0.123. The number of carbonyl (C=O) groups excluding carboxylic acids is 2. The van der Waals surface area contributed by atoms with Crippen molar-refractivity contribution in [3.63, 3.8) is 0 Å². The number of alkyl halides is 1. The van der Waals surface area contributed by atoms with Gasteiger partial charge in [-0.05, 0) is 75.1 Å². The van der Waals surface area contributed by atoms with Gasteiger partial charge in [-0.1, -0.05) is 11.6 Å². The Labute approximate surface area is 250 Å². The van der Waals surface area contributed by atoms with Crippen molar-refractivity contribution in [2.24, 2.45) is 5.73 Å². The van der Waals surface area contributed by atoms with E-state index < -0.39 is 40.9 Å². The highest BCUT2D eigenvalue weighted by atomic mass is 35.5. The summed E-state index contributed by atoms with van der Waals surface area (Å²) >= 11 is 6.46. The van der Waals surface area contributed by atoms with Crippen molar-refractivity contribution >= 4 is 34.3 Å². The van der Waals surface area contributed by atoms with Gasteiger partial charge in [0.1, 0.15) is 40.5 Å². The molecule has 0 spiro atoms. The van der Waals surface area contributed by atoms with Crippen LogP contribution in [-0.4, -0.2) is 50.5 Å². The third kappa shape index (κ3) is 4.44. The van der Waals surface area contributed by atoms with Crippen LogP contribution in [0.4, 0.5) is 8.78 Å². The molecule has 2 atom stereocenters. The first kappa shape index (κ1) is 27.7. The molecule has 0 saturated heterocycles. The second-order valence-electron chi connectivity index (χ2n) is 12.0. The summed E-state index contributed by atoms with van der Waals surface area (Å²) in [5, 5.41) is 20.2. The molecule has 2 aromatic heterocycles. The molecule has 4 aromatic rings. The predicted octanol–water partition coefficient (Wildman–Crippen LogP) is 4.48. The Balaban J connectivity index is 1.27. The average Bonchev–Trinajstić information content (AvgIpc) is 3.90. The molecule has 9 nitrogen and oxygen atoms in total. The molecule has 2 amide bonds. The van der Waals surface area contributed by atoms with Crippen LogP contribution in [0, 0.1) is 5.82 Å². The van der Waals surface area contributed by atoms with E-state index in [1.807, 2.05) is 10.9 Å². The van der Waals surface area contributed by atoms with Gasteiger partial charge < -0.3 is 20.9 Å². The number of pyridine rings is 1. The Morgan fingerprint density at radius 2 is 1.95 bits per heavy atom. The van der Waals surface area contributed by atoms with Gasteiger partial charge in [0.15, 0.2) is 5.60 Å². The largest absolute Gasteiger partial charge is 0.489 e. The number of primary amides is 1. The molecule has 1 unspecified atom stereocenters. The molecule has 43 heavy (non-hydrogen) atoms. The smallest absolute Gasteiger partial charge is 0.251 e. The van der Waals surface area contributed by atoms with E-state index in [0.717, 1.165) is 12.8 Å². The minimum absolute atomic E-state index is 0.0335. The first-order valence-electron chi connectivity index (χ1n) is 14.0. The van der Waals surface area contributed by atoms with Crippen molar-refractivity contribution in [1.82, 2.24) is 20.1 Å². The van der Waals surface area contributed by atoms with Crippen LogP contribution in [0.15, 0.2) is 48.7 Å². The number of amides is 2. The highest BCUT2D eigenvalue weighted by molar-refractivity contribution is 6.35. The summed E-state index contributed by atoms with van der Waals surface area (Å²) in [6, 6.07) is 10.3. The molecule has 0 bridgehead atoms. The molecule has 0 radical (unpaired) electrons. The molecule has 12 heteroatoms. The number of nitrogens with zero attached hydrogens (tertiary/aromatic N) is 3. The average molecular weight is 608 g/mol. The summed E-state index contributed by atoms with van der Waals surface area (Å²) in [6.45, 7) is 0.976. The maximum atomic E-state index is 16.1. The minimum Gasteiger partial charge on any atom is -0.489 e. The number of ether oxygens (including phenoxy) is 1. The van der Waals surface area contributed by atoms with E-state index in [1.54, 1.807) is 13.0 Å². The maximum Gasteiger partial charge on any atom is 0.251 e. The summed E-state index contributed by atoms with van der Waals surface area (Å²) in [4.78, 5) is 30.5. The van der Waals surface area contributed by atoms with Crippen molar-refractivity contribution in [2.45, 2.75) is 55.3 Å². The fourth-order valence-electron chi connectivity index (χ4n) is 5.68. The Morgan fingerprint density at radius 1 is 1.23 bits per heavy atom. The zero-order valence-corrected chi connectivity index (χ0v) is 23.9. The normalized spacial score (nSPS) is 21.6. The molecule has 3 aliphatic rings. The molecule has 7 rings (SSSR count). The second-order valence-corrected chi connectivity index (χ2v) is 12.4. The number of benzene rings is 2. The number of aromatic nitrogens is 3. The van der Waals surface area contributed by atoms with Gasteiger partial charge in [-0.2, -0.15) is 5.10 Å². The third-order valence-electron chi connectivity index (χ3n) is 8.86. The molecule has 2 saturated carbocycles. The van der Waals surface area contributed by atoms with Crippen LogP contribution >= 0.6 is 11.6 Å². The van der Waals surface area contributed by atoms with Crippen LogP contribution < -0.4 is 15.8 Å². The Bertz CT molecular complexity index is 1820. The number of aliphatic hydroxyl groups is 1. The fraction of sp³-hybridized carbons (Fsp3) is 0.355. The summed E-state index contributed by atoms with van der Waals surface area (Å²) in [5.74, 6) is -1.49. The second kappa shape index (κ2) is 9.45. The van der Waals surface area contributed by atoms with E-state index in [-0.39, 0.29) is 42.1 Å². The number of rotatable bonds is 8. The van der Waals surface area contributed by atoms with E-state index >= 15 is 4.39 Å². The van der Waals surface area contributed by atoms with Gasteiger partial charge in [0, 0.05) is 28.3 Å². The lowest BCUT2D eigenvalue weighted by Gasteiger charge is -2.33. The number of hydrogen-bond donors (Lipinski definition) is 3. The molecule has 3 heterocycles. The highest BCUT2D eigenvalue weighted by Gasteiger charge is 2.62. The Morgan fingerprint density at radius 3 is 2.60 bits per heavy atom. The Hall–Kier alpha value is -4.09. The first-order valence-corrected chi connectivity index (χ1v) is 14.4. The summed E-state index contributed by atoms with van der Waals surface area (Å²) in [6.07, 6.45) is 3.98. The molecular weight excluding hydrogens is 580 g/mol. The third-order valence-corrected chi connectivity index (χ3v) is 9.14. The first-order chi connectivity index (χ1) is 20.4. The zero-order valence-electron chi connectivity index (χ0n) is 23.2. The number of fused-ring (bicyclic) bond motifs is 2. The van der Waals surface area contributed by atoms with Gasteiger partial charge in [-0.25, -0.2) is 13.8 Å². The van der Waals surface area contributed by atoms with Crippen molar-refractivity contribution in [2.75, 3.05) is 13.2 Å². The van der Waals surface area contributed by atoms with E-state index in [0.29, 0.717) is 33.1 Å². The summed E-state index contributed by atoms with van der Waals surface area (Å²) < 4.78 is 37.5. The monoisotopic (exact) mass is 607 g/mol. The van der Waals surface area contributed by atoms with Gasteiger partial charge in [0.25, 0.3) is 5.91 Å². The molecule has 2 aliphatic carbocycles.